The maximum Gasteiger partial charge on any atom is 0.295 e. The zero-order valence-electron chi connectivity index (χ0n) is 32.4. The first-order valence-electron chi connectivity index (χ1n) is 21.1. The van der Waals surface area contributed by atoms with Crippen molar-refractivity contribution in [1.29, 1.82) is 0 Å². The first-order valence-corrected chi connectivity index (χ1v) is 21.9. The van der Waals surface area contributed by atoms with Gasteiger partial charge in [-0.1, -0.05) is 115 Å². The number of imidazole rings is 1. The Hall–Kier alpha value is -3.43. The van der Waals surface area contributed by atoms with Crippen molar-refractivity contribution in [2.75, 3.05) is 0 Å². The van der Waals surface area contributed by atoms with Crippen LogP contribution in [-0.2, 0) is 11.0 Å². The number of nitrogens with zero attached hydrogens (tertiary/aromatic N) is 2. The van der Waals surface area contributed by atoms with E-state index in [0.717, 1.165) is 18.8 Å². The summed E-state index contributed by atoms with van der Waals surface area (Å²) in [5.41, 5.74) is 10.3. The molecule has 2 unspecified atom stereocenters. The minimum atomic E-state index is -0.0898. The first-order chi connectivity index (χ1) is 25.4. The van der Waals surface area contributed by atoms with Gasteiger partial charge >= 0.3 is 0 Å². The number of hydrogen-bond acceptors (Lipinski definition) is 1. The molecule has 0 saturated heterocycles. The molecule has 6 aromatic rings. The molecule has 0 bridgehead atoms. The van der Waals surface area contributed by atoms with Crippen molar-refractivity contribution < 1.29 is 4.57 Å². The van der Waals surface area contributed by atoms with Crippen LogP contribution in [0.1, 0.15) is 153 Å². The second-order valence-corrected chi connectivity index (χ2v) is 18.3. The SMILES string of the molecule is CCCCC1CCC(c2cc(C3CCCCC3)c(-n3c4[n+](c5ccccc53)C(C)(CC)C(C)(CC)c3ccccc3-4)c3c2sc2ccccc23)CC1. The maximum atomic E-state index is 2.81. The second-order valence-electron chi connectivity index (χ2n) is 17.2. The van der Waals surface area contributed by atoms with Crippen LogP contribution in [0.2, 0.25) is 0 Å². The van der Waals surface area contributed by atoms with Crippen molar-refractivity contribution in [3.05, 3.63) is 95.6 Å². The van der Waals surface area contributed by atoms with Gasteiger partial charge in [0.2, 0.25) is 0 Å². The quantitative estimate of drug-likeness (QED) is 0.139. The molecule has 0 radical (unpaired) electrons. The van der Waals surface area contributed by atoms with Crippen LogP contribution in [0.25, 0.3) is 48.3 Å². The molecule has 0 N–H and O–H groups in total. The van der Waals surface area contributed by atoms with E-state index in [1.54, 1.807) is 15.8 Å². The Bertz CT molecular complexity index is 2260. The van der Waals surface area contributed by atoms with Gasteiger partial charge in [-0.25, -0.2) is 4.57 Å². The molecule has 270 valence electrons. The molecule has 0 amide bonds. The van der Waals surface area contributed by atoms with Crippen molar-refractivity contribution in [2.45, 2.75) is 147 Å². The molecule has 3 heterocycles. The van der Waals surface area contributed by atoms with E-state index in [4.69, 9.17) is 0 Å². The zero-order chi connectivity index (χ0) is 35.6. The van der Waals surface area contributed by atoms with E-state index in [-0.39, 0.29) is 11.0 Å². The molecular formula is C49H59N2S+. The van der Waals surface area contributed by atoms with Gasteiger partial charge in [-0.15, -0.1) is 11.3 Å². The average Bonchev–Trinajstić information content (AvgIpc) is 3.76. The third-order valence-electron chi connectivity index (χ3n) is 14.8. The standard InChI is InChI=1S/C49H59N2S/c1-6-9-19-33-28-30-35(31-29-33)39-32-38(34-20-11-10-12-21-34)45(44-37-23-14-18-27-43(37)52-46(39)44)50-41-25-16-17-26-42(41)51-47(50)36-22-13-15-24-40(36)48(4,7-2)49(51,5)8-3/h13-18,22-27,32-35H,6-12,19-21,28-31H2,1-5H3/q+1. The fraction of sp³-hybridized carbons (Fsp3) is 0.490. The van der Waals surface area contributed by atoms with Crippen molar-refractivity contribution in [3.63, 3.8) is 0 Å². The van der Waals surface area contributed by atoms with Crippen LogP contribution in [0.3, 0.4) is 0 Å². The summed E-state index contributed by atoms with van der Waals surface area (Å²) in [6.45, 7) is 12.3. The molecule has 3 aliphatic rings. The van der Waals surface area contributed by atoms with Crippen molar-refractivity contribution in [3.8, 4) is 17.1 Å². The molecule has 4 aromatic carbocycles. The van der Waals surface area contributed by atoms with Crippen LogP contribution in [-0.4, -0.2) is 4.57 Å². The Kier molecular flexibility index (Phi) is 8.89. The summed E-state index contributed by atoms with van der Waals surface area (Å²) in [6.07, 6.45) is 18.4. The highest BCUT2D eigenvalue weighted by atomic mass is 32.1. The van der Waals surface area contributed by atoms with Gasteiger partial charge in [-0.05, 0) is 118 Å². The lowest BCUT2D eigenvalue weighted by molar-refractivity contribution is -0.743. The zero-order valence-corrected chi connectivity index (χ0v) is 33.3. The third-order valence-corrected chi connectivity index (χ3v) is 16.0. The van der Waals surface area contributed by atoms with Crippen LogP contribution in [0.15, 0.2) is 78.9 Å². The van der Waals surface area contributed by atoms with Gasteiger partial charge in [0.15, 0.2) is 11.0 Å². The van der Waals surface area contributed by atoms with Crippen LogP contribution in [0, 0.1) is 5.92 Å². The third kappa shape index (κ3) is 5.04. The molecule has 0 spiro atoms. The molecule has 2 fully saturated rings. The molecule has 2 aromatic heterocycles. The molecule has 1 aliphatic heterocycles. The van der Waals surface area contributed by atoms with Gasteiger partial charge in [0.05, 0.1) is 5.56 Å². The van der Waals surface area contributed by atoms with Gasteiger partial charge in [-0.3, -0.25) is 0 Å². The van der Waals surface area contributed by atoms with E-state index in [9.17, 15) is 0 Å². The van der Waals surface area contributed by atoms with E-state index >= 15 is 0 Å². The molecule has 2 nitrogen and oxygen atoms in total. The van der Waals surface area contributed by atoms with Gasteiger partial charge in [0.1, 0.15) is 11.2 Å². The fourth-order valence-electron chi connectivity index (χ4n) is 11.4. The molecule has 3 heteroatoms. The normalized spacial score (nSPS) is 25.2. The number of thiophene rings is 1. The van der Waals surface area contributed by atoms with Crippen LogP contribution in [0.4, 0.5) is 0 Å². The predicted molar refractivity (Wildman–Crippen MR) is 223 cm³/mol. The van der Waals surface area contributed by atoms with Gasteiger partial charge < -0.3 is 0 Å². The maximum absolute atomic E-state index is 2.81. The Morgan fingerprint density at radius 1 is 0.750 bits per heavy atom. The summed E-state index contributed by atoms with van der Waals surface area (Å²) in [5, 5.41) is 2.97. The number of para-hydroxylation sites is 2. The van der Waals surface area contributed by atoms with Gasteiger partial charge in [-0.2, -0.15) is 4.57 Å². The highest BCUT2D eigenvalue weighted by Crippen LogP contribution is 2.54. The highest BCUT2D eigenvalue weighted by molar-refractivity contribution is 7.26. The number of fused-ring (bicyclic) bond motifs is 8. The number of aromatic nitrogens is 2. The van der Waals surface area contributed by atoms with Crippen LogP contribution >= 0.6 is 11.3 Å². The minimum absolute atomic E-state index is 0.00138. The summed E-state index contributed by atoms with van der Waals surface area (Å²) in [4.78, 5) is 0. The summed E-state index contributed by atoms with van der Waals surface area (Å²) in [7, 11) is 0. The minimum Gasteiger partial charge on any atom is -0.216 e. The van der Waals surface area contributed by atoms with E-state index in [1.807, 2.05) is 0 Å². The molecule has 2 aliphatic carbocycles. The number of rotatable bonds is 8. The Labute approximate surface area is 316 Å². The number of unbranched alkanes of at least 4 members (excludes halogenated alkanes) is 1. The van der Waals surface area contributed by atoms with E-state index < -0.39 is 0 Å². The Morgan fingerprint density at radius 3 is 2.23 bits per heavy atom. The molecular weight excluding hydrogens is 649 g/mol. The van der Waals surface area contributed by atoms with Crippen molar-refractivity contribution >= 4 is 42.5 Å². The molecule has 2 saturated carbocycles. The fourth-order valence-corrected chi connectivity index (χ4v) is 12.7. The monoisotopic (exact) mass is 707 g/mol. The lowest BCUT2D eigenvalue weighted by Crippen LogP contribution is -2.67. The first kappa shape index (κ1) is 34.3. The van der Waals surface area contributed by atoms with Crippen molar-refractivity contribution in [1.82, 2.24) is 4.57 Å². The molecule has 2 atom stereocenters. The van der Waals surface area contributed by atoms with Gasteiger partial charge in [0.25, 0.3) is 5.82 Å². The smallest absolute Gasteiger partial charge is 0.216 e. The molecule has 52 heavy (non-hydrogen) atoms. The van der Waals surface area contributed by atoms with Crippen LogP contribution in [0.5, 0.6) is 0 Å². The number of hydrogen-bond donors (Lipinski definition) is 0. The average molecular weight is 708 g/mol. The predicted octanol–water partition coefficient (Wildman–Crippen LogP) is 14.3. The number of benzene rings is 4. The Balaban J connectivity index is 1.40. The summed E-state index contributed by atoms with van der Waals surface area (Å²) in [6, 6.07) is 31.1. The second kappa shape index (κ2) is 13.5. The van der Waals surface area contributed by atoms with E-state index in [2.05, 4.69) is 134 Å². The lowest BCUT2D eigenvalue weighted by atomic mass is 9.61. The van der Waals surface area contributed by atoms with Gasteiger partial charge in [0, 0.05) is 31.2 Å². The topological polar surface area (TPSA) is 8.81 Å². The van der Waals surface area contributed by atoms with Crippen LogP contribution < -0.4 is 4.57 Å². The summed E-state index contributed by atoms with van der Waals surface area (Å²) >= 11 is 2.08. The van der Waals surface area contributed by atoms with E-state index in [0.29, 0.717) is 11.8 Å². The lowest BCUT2D eigenvalue weighted by Gasteiger charge is -2.47. The summed E-state index contributed by atoms with van der Waals surface area (Å²) < 4.78 is 8.61. The summed E-state index contributed by atoms with van der Waals surface area (Å²) in [5.74, 6) is 3.54. The highest BCUT2D eigenvalue weighted by Gasteiger charge is 2.56. The van der Waals surface area contributed by atoms with Crippen molar-refractivity contribution in [2.24, 2.45) is 5.92 Å². The van der Waals surface area contributed by atoms with E-state index in [1.165, 1.54) is 126 Å². The molecule has 9 rings (SSSR count). The Morgan fingerprint density at radius 2 is 1.46 bits per heavy atom. The largest absolute Gasteiger partial charge is 0.295 e.